The molecule has 252 valence electrons. The minimum Gasteiger partial charge on any atom is -0.311 e. The molecule has 0 atom stereocenters. The Balaban J connectivity index is 1.17. The van der Waals surface area contributed by atoms with E-state index in [-0.39, 0.29) is 0 Å². The lowest BCUT2D eigenvalue weighted by Crippen LogP contribution is -2.09. The summed E-state index contributed by atoms with van der Waals surface area (Å²) in [7, 11) is 0. The second-order valence-corrected chi connectivity index (χ2v) is 12.7. The van der Waals surface area contributed by atoms with Crippen molar-refractivity contribution in [1.82, 2.24) is 9.97 Å². The molecule has 53 heavy (non-hydrogen) atoms. The summed E-state index contributed by atoms with van der Waals surface area (Å²) in [6.07, 6.45) is 8.12. The fourth-order valence-corrected chi connectivity index (χ4v) is 6.54. The molecule has 2 heterocycles. The summed E-state index contributed by atoms with van der Waals surface area (Å²) >= 11 is 0. The van der Waals surface area contributed by atoms with Crippen molar-refractivity contribution in [2.75, 3.05) is 4.90 Å². The molecule has 0 aliphatic rings. The van der Waals surface area contributed by atoms with Crippen LogP contribution in [0, 0.1) is 0 Å². The zero-order chi connectivity index (χ0) is 35.7. The maximum atomic E-state index is 4.68. The van der Waals surface area contributed by atoms with Crippen molar-refractivity contribution in [2.24, 2.45) is 0 Å². The molecule has 0 aliphatic carbocycles. The predicted octanol–water partition coefficient (Wildman–Crippen LogP) is 12.8. The van der Waals surface area contributed by atoms with Gasteiger partial charge < -0.3 is 4.90 Å². The van der Waals surface area contributed by atoms with E-state index in [0.29, 0.717) is 0 Å². The van der Waals surface area contributed by atoms with Gasteiger partial charge >= 0.3 is 0 Å². The summed E-state index contributed by atoms with van der Waals surface area (Å²) in [5, 5.41) is 0. The Morgan fingerprint density at radius 3 is 1.09 bits per heavy atom. The molecule has 0 amide bonds. The van der Waals surface area contributed by atoms with E-state index in [0.717, 1.165) is 61.9 Å². The van der Waals surface area contributed by atoms with E-state index in [1.54, 1.807) is 0 Å². The van der Waals surface area contributed by atoms with Crippen LogP contribution in [0.15, 0.2) is 213 Å². The van der Waals surface area contributed by atoms with Crippen LogP contribution in [0.4, 0.5) is 17.1 Å². The van der Waals surface area contributed by atoms with Crippen molar-refractivity contribution in [1.29, 1.82) is 0 Å². The molecule has 0 fully saturated rings. The van der Waals surface area contributed by atoms with E-state index in [1.807, 2.05) is 48.8 Å². The first-order valence-electron chi connectivity index (χ1n) is 17.8. The normalized spacial score (nSPS) is 11.6. The molecule has 0 radical (unpaired) electrons. The molecule has 0 spiro atoms. The Kier molecular flexibility index (Phi) is 9.89. The standard InChI is InChI=1S/C50H37N3/c1-4-14-40(15-5-1)41-26-32-46(33-27-41)53(44-28-22-38(23-29-44)36-47(42-16-6-2-7-17-42)49-20-10-12-34-51-49)45-30-24-39(25-31-45)37-48(43-18-8-3-9-19-43)50-21-11-13-35-52-50/h1-37H. The van der Waals surface area contributed by atoms with Crippen LogP contribution in [-0.4, -0.2) is 9.97 Å². The second-order valence-electron chi connectivity index (χ2n) is 12.7. The number of nitrogens with zero attached hydrogens (tertiary/aromatic N) is 3. The largest absolute Gasteiger partial charge is 0.311 e. The second kappa shape index (κ2) is 15.8. The molecule has 0 aliphatic heterocycles. The minimum atomic E-state index is 0.940. The summed E-state index contributed by atoms with van der Waals surface area (Å²) in [5.74, 6) is 0. The zero-order valence-corrected chi connectivity index (χ0v) is 29.2. The third-order valence-corrected chi connectivity index (χ3v) is 9.21. The molecule has 6 aromatic carbocycles. The van der Waals surface area contributed by atoms with Gasteiger partial charge in [0.2, 0.25) is 0 Å². The highest BCUT2D eigenvalue weighted by Crippen LogP contribution is 2.37. The lowest BCUT2D eigenvalue weighted by atomic mass is 9.99. The summed E-state index contributed by atoms with van der Waals surface area (Å²) in [4.78, 5) is 11.7. The molecular weight excluding hydrogens is 643 g/mol. The summed E-state index contributed by atoms with van der Waals surface area (Å²) in [5.41, 5.74) is 14.1. The molecule has 8 aromatic rings. The van der Waals surface area contributed by atoms with Crippen LogP contribution in [0.1, 0.15) is 33.6 Å². The van der Waals surface area contributed by atoms with Crippen LogP contribution < -0.4 is 4.90 Å². The van der Waals surface area contributed by atoms with Crippen molar-refractivity contribution in [2.45, 2.75) is 0 Å². The van der Waals surface area contributed by atoms with Gasteiger partial charge in [-0.1, -0.05) is 140 Å². The molecule has 3 heteroatoms. The van der Waals surface area contributed by atoms with E-state index in [4.69, 9.17) is 0 Å². The Morgan fingerprint density at radius 2 is 0.698 bits per heavy atom. The fourth-order valence-electron chi connectivity index (χ4n) is 6.54. The van der Waals surface area contributed by atoms with Gasteiger partial charge in [-0.3, -0.25) is 9.97 Å². The van der Waals surface area contributed by atoms with E-state index in [9.17, 15) is 0 Å². The number of rotatable bonds is 10. The average Bonchev–Trinajstić information content (AvgIpc) is 3.25. The highest BCUT2D eigenvalue weighted by atomic mass is 15.1. The third-order valence-electron chi connectivity index (χ3n) is 9.21. The average molecular weight is 680 g/mol. The van der Waals surface area contributed by atoms with Crippen LogP contribution in [0.25, 0.3) is 34.4 Å². The third kappa shape index (κ3) is 7.80. The van der Waals surface area contributed by atoms with Crippen molar-refractivity contribution in [3.05, 3.63) is 246 Å². The van der Waals surface area contributed by atoms with Crippen molar-refractivity contribution in [3.63, 3.8) is 0 Å². The lowest BCUT2D eigenvalue weighted by molar-refractivity contribution is 1.27. The number of anilines is 3. The molecule has 0 unspecified atom stereocenters. The zero-order valence-electron chi connectivity index (χ0n) is 29.2. The van der Waals surface area contributed by atoms with Crippen LogP contribution in [0.2, 0.25) is 0 Å². The first-order valence-corrected chi connectivity index (χ1v) is 17.8. The molecule has 0 saturated heterocycles. The smallest absolute Gasteiger partial charge is 0.0708 e. The monoisotopic (exact) mass is 679 g/mol. The van der Waals surface area contributed by atoms with Crippen molar-refractivity contribution in [3.8, 4) is 11.1 Å². The van der Waals surface area contributed by atoms with Crippen LogP contribution in [0.3, 0.4) is 0 Å². The minimum absolute atomic E-state index is 0.940. The van der Waals surface area contributed by atoms with E-state index in [2.05, 4.69) is 191 Å². The van der Waals surface area contributed by atoms with Gasteiger partial charge in [-0.25, -0.2) is 0 Å². The van der Waals surface area contributed by atoms with Crippen molar-refractivity contribution < 1.29 is 0 Å². The molecule has 2 aromatic heterocycles. The van der Waals surface area contributed by atoms with Gasteiger partial charge in [0, 0.05) is 40.6 Å². The van der Waals surface area contributed by atoms with Crippen molar-refractivity contribution >= 4 is 40.4 Å². The van der Waals surface area contributed by atoms with Crippen LogP contribution in [0.5, 0.6) is 0 Å². The fraction of sp³-hybridized carbons (Fsp3) is 0. The summed E-state index contributed by atoms with van der Waals surface area (Å²) in [6.45, 7) is 0. The Morgan fingerprint density at radius 1 is 0.340 bits per heavy atom. The molecule has 8 rings (SSSR count). The maximum Gasteiger partial charge on any atom is 0.0708 e. The number of pyridine rings is 2. The number of benzene rings is 6. The van der Waals surface area contributed by atoms with Gasteiger partial charge in [0.05, 0.1) is 11.4 Å². The number of hydrogen-bond donors (Lipinski definition) is 0. The molecule has 0 N–H and O–H groups in total. The van der Waals surface area contributed by atoms with E-state index >= 15 is 0 Å². The topological polar surface area (TPSA) is 29.0 Å². The van der Waals surface area contributed by atoms with Gasteiger partial charge in [0.15, 0.2) is 0 Å². The predicted molar refractivity (Wildman–Crippen MR) is 222 cm³/mol. The first-order chi connectivity index (χ1) is 26.3. The quantitative estimate of drug-likeness (QED) is 0.135. The molecule has 3 nitrogen and oxygen atoms in total. The van der Waals surface area contributed by atoms with Crippen LogP contribution in [-0.2, 0) is 0 Å². The van der Waals surface area contributed by atoms with Gasteiger partial charge in [-0.15, -0.1) is 0 Å². The molecular formula is C50H37N3. The first kappa shape index (κ1) is 33.1. The number of hydrogen-bond acceptors (Lipinski definition) is 3. The lowest BCUT2D eigenvalue weighted by Gasteiger charge is -2.26. The van der Waals surface area contributed by atoms with E-state index < -0.39 is 0 Å². The van der Waals surface area contributed by atoms with Gasteiger partial charge in [0.1, 0.15) is 0 Å². The van der Waals surface area contributed by atoms with Gasteiger partial charge in [-0.05, 0) is 106 Å². The molecule has 0 bridgehead atoms. The van der Waals surface area contributed by atoms with Gasteiger partial charge in [0.25, 0.3) is 0 Å². The SMILES string of the molecule is C(=C(c1ccccc1)c1ccccn1)c1ccc(N(c2ccc(C=C(c3ccccc3)c3ccccn3)cc2)c2ccc(-c3ccccc3)cc2)cc1. The Bertz CT molecular complexity index is 2200. The number of aromatic nitrogens is 2. The highest BCUT2D eigenvalue weighted by Gasteiger charge is 2.14. The summed E-state index contributed by atoms with van der Waals surface area (Å²) < 4.78 is 0. The Hall–Kier alpha value is -7.10. The summed E-state index contributed by atoms with van der Waals surface area (Å²) in [6, 6.07) is 69.8. The highest BCUT2D eigenvalue weighted by molar-refractivity contribution is 5.92. The van der Waals surface area contributed by atoms with E-state index in [1.165, 1.54) is 11.1 Å². The molecule has 0 saturated carbocycles. The Labute approximate surface area is 311 Å². The van der Waals surface area contributed by atoms with Gasteiger partial charge in [-0.2, -0.15) is 0 Å². The van der Waals surface area contributed by atoms with Crippen LogP contribution >= 0.6 is 0 Å². The maximum absolute atomic E-state index is 4.68.